The Labute approximate surface area is 63.9 Å². The molecule has 0 aliphatic heterocycles. The van der Waals surface area contributed by atoms with E-state index in [1.165, 1.54) is 5.75 Å². The lowest BCUT2D eigenvalue weighted by molar-refractivity contribution is 1.52. The van der Waals surface area contributed by atoms with E-state index in [1.807, 2.05) is 0 Å². The molecule has 0 aromatic carbocycles. The fourth-order valence-corrected chi connectivity index (χ4v) is 3.15. The molecule has 0 amide bonds. The Hall–Kier alpha value is 1.37. The van der Waals surface area contributed by atoms with Crippen molar-refractivity contribution in [2.75, 3.05) is 24.1 Å². The third-order valence-electron chi connectivity index (χ3n) is 0.563. The van der Waals surface area contributed by atoms with Crippen LogP contribution in [0.15, 0.2) is 0 Å². The first-order valence-electron chi connectivity index (χ1n) is 2.03. The number of hydrogen-bond acceptors (Lipinski definition) is 0. The van der Waals surface area contributed by atoms with Gasteiger partial charge in [-0.2, -0.15) is 7.20 Å². The van der Waals surface area contributed by atoms with Crippen molar-refractivity contribution < 1.29 is 0 Å². The molecule has 0 nitrogen and oxygen atoms in total. The number of hydrogen-bond donors (Lipinski definition) is 0. The molecule has 0 aromatic rings. The fourth-order valence-electron chi connectivity index (χ4n) is 0.183. The van der Waals surface area contributed by atoms with E-state index < -0.39 is 0 Å². The van der Waals surface area contributed by atoms with Gasteiger partial charge in [-0.25, -0.2) is 0 Å². The summed E-state index contributed by atoms with van der Waals surface area (Å²) in [5.41, 5.74) is 0. The molecule has 0 spiro atoms. The summed E-state index contributed by atoms with van der Waals surface area (Å²) in [6.45, 7) is 0. The Balaban J connectivity index is 3.15. The topological polar surface area (TPSA) is 0 Å². The van der Waals surface area contributed by atoms with Gasteiger partial charge in [0.05, 0.1) is 0 Å². The van der Waals surface area contributed by atoms with Gasteiger partial charge < -0.3 is 0 Å². The van der Waals surface area contributed by atoms with Crippen LogP contribution in [0.3, 0.4) is 0 Å². The second kappa shape index (κ2) is 3.41. The zero-order chi connectivity index (χ0) is 5.91. The van der Waals surface area contributed by atoms with Crippen molar-refractivity contribution in [2.24, 2.45) is 0 Å². The maximum Gasteiger partial charge on any atom is 0.0306 e. The predicted molar refractivity (Wildman–Crippen MR) is 49.0 cm³/mol. The van der Waals surface area contributed by atoms with E-state index in [-0.39, 0.29) is 7.20 Å². The molecular weight excluding hydrogens is 242 g/mol. The summed E-state index contributed by atoms with van der Waals surface area (Å²) in [6, 6.07) is 0. The molecular formula is C4H10ClIS. The molecule has 0 bridgehead atoms. The van der Waals surface area contributed by atoms with E-state index in [9.17, 15) is 0 Å². The van der Waals surface area contributed by atoms with Crippen LogP contribution in [0.5, 0.6) is 0 Å². The Morgan fingerprint density at radius 1 is 1.57 bits per heavy atom. The van der Waals surface area contributed by atoms with Crippen LogP contribution in [0.4, 0.5) is 0 Å². The lowest BCUT2D eigenvalue weighted by Gasteiger charge is -2.19. The van der Waals surface area contributed by atoms with Gasteiger partial charge in [-0.3, -0.25) is 0 Å². The lowest BCUT2D eigenvalue weighted by atomic mass is 11.0. The molecule has 7 heavy (non-hydrogen) atoms. The van der Waals surface area contributed by atoms with Gasteiger partial charge in [0.2, 0.25) is 0 Å². The highest BCUT2D eigenvalue weighted by molar-refractivity contribution is 14.2. The van der Waals surface area contributed by atoms with E-state index in [0.29, 0.717) is 0 Å². The lowest BCUT2D eigenvalue weighted by Crippen LogP contribution is -1.92. The zero-order valence-corrected chi connectivity index (χ0v) is 8.31. The summed E-state index contributed by atoms with van der Waals surface area (Å²) in [5, 5.41) is 0. The first-order chi connectivity index (χ1) is 3.06. The summed E-state index contributed by atoms with van der Waals surface area (Å²) in [5.74, 6) is 1.99. The largest absolute Gasteiger partial charge is 0.192 e. The van der Waals surface area contributed by atoms with Crippen LogP contribution in [0, 0.1) is 0 Å². The van der Waals surface area contributed by atoms with E-state index >= 15 is 0 Å². The predicted octanol–water partition coefficient (Wildman–Crippen LogP) is 2.64. The molecule has 0 unspecified atom stereocenters. The molecule has 0 saturated heterocycles. The first kappa shape index (κ1) is 8.37. The van der Waals surface area contributed by atoms with E-state index in [1.54, 1.807) is 0 Å². The van der Waals surface area contributed by atoms with Crippen molar-refractivity contribution in [3.8, 4) is 0 Å². The van der Waals surface area contributed by atoms with E-state index in [2.05, 4.69) is 33.7 Å². The highest BCUT2D eigenvalue weighted by Gasteiger charge is 2.02. The van der Waals surface area contributed by atoms with Gasteiger partial charge in [-0.15, -0.1) is 11.6 Å². The molecule has 46 valence electrons. The minimum atomic E-state index is -0.336. The quantitative estimate of drug-likeness (QED) is 0.524. The van der Waals surface area contributed by atoms with Gasteiger partial charge in [0, 0.05) is 5.88 Å². The van der Waals surface area contributed by atoms with Gasteiger partial charge >= 0.3 is 0 Å². The van der Waals surface area contributed by atoms with Crippen molar-refractivity contribution in [3.63, 3.8) is 0 Å². The Kier molecular flexibility index (Phi) is 4.07. The molecule has 0 atom stereocenters. The van der Waals surface area contributed by atoms with E-state index in [0.717, 1.165) is 5.88 Å². The van der Waals surface area contributed by atoms with Crippen molar-refractivity contribution in [3.05, 3.63) is 0 Å². The van der Waals surface area contributed by atoms with Gasteiger partial charge in [-0.05, 0) is 39.5 Å². The van der Waals surface area contributed by atoms with Crippen LogP contribution >= 0.6 is 40.0 Å². The molecule has 0 N–H and O–H groups in total. The van der Waals surface area contributed by atoms with Crippen LogP contribution in [-0.4, -0.2) is 24.1 Å². The number of alkyl halides is 1. The van der Waals surface area contributed by atoms with Crippen LogP contribution in [0.2, 0.25) is 0 Å². The smallest absolute Gasteiger partial charge is 0.0306 e. The van der Waals surface area contributed by atoms with Gasteiger partial charge in [0.15, 0.2) is 0 Å². The monoisotopic (exact) mass is 252 g/mol. The van der Waals surface area contributed by atoms with Crippen LogP contribution in [-0.2, 0) is 0 Å². The highest BCUT2D eigenvalue weighted by atomic mass is 127. The molecule has 0 radical (unpaired) electrons. The number of rotatable bonds is 2. The minimum Gasteiger partial charge on any atom is -0.192 e. The summed E-state index contributed by atoms with van der Waals surface area (Å²) in [4.78, 5) is 0. The minimum absolute atomic E-state index is 0.336. The summed E-state index contributed by atoms with van der Waals surface area (Å²) < 4.78 is 0. The first-order valence-corrected chi connectivity index (χ1v) is 7.72. The van der Waals surface area contributed by atoms with Crippen LogP contribution < -0.4 is 0 Å². The fraction of sp³-hybridized carbons (Fsp3) is 1.00. The SMILES string of the molecule is CS(C)(I)CCCl. The van der Waals surface area contributed by atoms with Gasteiger partial charge in [-0.1, -0.05) is 0 Å². The maximum atomic E-state index is 5.50. The Bertz CT molecular complexity index is 50.1. The molecule has 0 rings (SSSR count). The molecule has 3 heteroatoms. The average Bonchev–Trinajstić information content (AvgIpc) is 1.30. The van der Waals surface area contributed by atoms with Crippen molar-refractivity contribution in [1.82, 2.24) is 0 Å². The second-order valence-corrected chi connectivity index (χ2v) is 12.5. The molecule has 0 aliphatic rings. The molecule has 0 aliphatic carbocycles. The van der Waals surface area contributed by atoms with Crippen LogP contribution in [0.1, 0.15) is 0 Å². The Morgan fingerprint density at radius 2 is 2.00 bits per heavy atom. The Morgan fingerprint density at radius 3 is 2.00 bits per heavy atom. The molecule has 0 heterocycles. The third kappa shape index (κ3) is 7.37. The standard InChI is InChI=1S/C4H10ClIS/c1-7(2,6)4-3-5/h3-4H2,1-2H3. The zero-order valence-electron chi connectivity index (χ0n) is 4.58. The van der Waals surface area contributed by atoms with Crippen molar-refractivity contribution in [1.29, 1.82) is 0 Å². The molecule has 0 aromatic heterocycles. The van der Waals surface area contributed by atoms with Gasteiger partial charge in [0.25, 0.3) is 0 Å². The number of halogens is 2. The van der Waals surface area contributed by atoms with Crippen LogP contribution in [0.25, 0.3) is 0 Å². The second-order valence-electron chi connectivity index (χ2n) is 1.80. The maximum absolute atomic E-state index is 5.50. The normalized spacial score (nSPS) is 14.3. The molecule has 0 saturated carbocycles. The third-order valence-corrected chi connectivity index (χ3v) is 3.47. The summed E-state index contributed by atoms with van der Waals surface area (Å²) in [7, 11) is -0.336. The average molecular weight is 253 g/mol. The summed E-state index contributed by atoms with van der Waals surface area (Å²) in [6.07, 6.45) is 4.52. The van der Waals surface area contributed by atoms with E-state index in [4.69, 9.17) is 11.6 Å². The summed E-state index contributed by atoms with van der Waals surface area (Å²) >= 11 is 7.98. The van der Waals surface area contributed by atoms with Crippen molar-refractivity contribution >= 4 is 40.0 Å². The highest BCUT2D eigenvalue weighted by Crippen LogP contribution is 2.48. The van der Waals surface area contributed by atoms with Crippen molar-refractivity contribution in [2.45, 2.75) is 0 Å². The van der Waals surface area contributed by atoms with Gasteiger partial charge in [0.1, 0.15) is 0 Å². The molecule has 0 fully saturated rings.